The van der Waals surface area contributed by atoms with Gasteiger partial charge >= 0.3 is 0 Å². The van der Waals surface area contributed by atoms with E-state index in [4.69, 9.17) is 4.74 Å². The Morgan fingerprint density at radius 3 is 2.58 bits per heavy atom. The monoisotopic (exact) mass is 425 g/mol. The Bertz CT molecular complexity index is 1060. The molecule has 0 radical (unpaired) electrons. The molecule has 2 aliphatic heterocycles. The molecule has 1 fully saturated rings. The first-order chi connectivity index (χ1) is 14.9. The summed E-state index contributed by atoms with van der Waals surface area (Å²) in [5, 5.41) is 13.8. The zero-order valence-corrected chi connectivity index (χ0v) is 16.6. The number of carbonyl (C=O) groups is 3. The molecule has 3 heterocycles. The van der Waals surface area contributed by atoms with Crippen molar-refractivity contribution in [2.45, 2.75) is 13.0 Å². The van der Waals surface area contributed by atoms with Crippen LogP contribution in [0, 0.1) is 10.1 Å². The number of amides is 3. The van der Waals surface area contributed by atoms with Crippen molar-refractivity contribution in [2.24, 2.45) is 0 Å². The van der Waals surface area contributed by atoms with Crippen LogP contribution < -0.4 is 10.2 Å². The van der Waals surface area contributed by atoms with Gasteiger partial charge in [-0.3, -0.25) is 29.4 Å². The maximum absolute atomic E-state index is 12.7. The van der Waals surface area contributed by atoms with Crippen LogP contribution in [0.1, 0.15) is 27.6 Å². The summed E-state index contributed by atoms with van der Waals surface area (Å²) < 4.78 is 5.32. The van der Waals surface area contributed by atoms with Crippen molar-refractivity contribution in [2.75, 3.05) is 36.5 Å². The van der Waals surface area contributed by atoms with Gasteiger partial charge in [-0.25, -0.2) is 4.98 Å². The number of imide groups is 1. The Kier molecular flexibility index (Phi) is 5.34. The molecule has 11 nitrogen and oxygen atoms in total. The number of nitro groups is 1. The Morgan fingerprint density at radius 2 is 1.94 bits per heavy atom. The lowest BCUT2D eigenvalue weighted by atomic mass is 10.1. The number of nitro benzene ring substituents is 1. The van der Waals surface area contributed by atoms with Crippen molar-refractivity contribution in [3.8, 4) is 0 Å². The summed E-state index contributed by atoms with van der Waals surface area (Å²) in [6.07, 6.45) is 1.62. The van der Waals surface area contributed by atoms with Gasteiger partial charge in [0.2, 0.25) is 5.91 Å². The molecule has 1 aromatic heterocycles. The molecule has 0 saturated carbocycles. The van der Waals surface area contributed by atoms with E-state index < -0.39 is 34.4 Å². The van der Waals surface area contributed by atoms with Crippen LogP contribution in [-0.2, 0) is 9.53 Å². The smallest absolute Gasteiger partial charge is 0.282 e. The van der Waals surface area contributed by atoms with Crippen LogP contribution in [0.2, 0.25) is 0 Å². The van der Waals surface area contributed by atoms with Gasteiger partial charge in [-0.15, -0.1) is 0 Å². The minimum absolute atomic E-state index is 0.0909. The van der Waals surface area contributed by atoms with Gasteiger partial charge in [-0.1, -0.05) is 6.07 Å². The van der Waals surface area contributed by atoms with Crippen LogP contribution in [-0.4, -0.2) is 64.9 Å². The second-order valence-corrected chi connectivity index (χ2v) is 7.10. The minimum atomic E-state index is -1.19. The molecule has 1 saturated heterocycles. The van der Waals surface area contributed by atoms with E-state index in [1.807, 2.05) is 6.07 Å². The first-order valence-electron chi connectivity index (χ1n) is 9.63. The van der Waals surface area contributed by atoms with Gasteiger partial charge in [0.1, 0.15) is 17.4 Å². The van der Waals surface area contributed by atoms with E-state index in [9.17, 15) is 24.5 Å². The predicted molar refractivity (Wildman–Crippen MR) is 109 cm³/mol. The number of anilines is 2. The van der Waals surface area contributed by atoms with Gasteiger partial charge in [0.15, 0.2) is 0 Å². The molecule has 31 heavy (non-hydrogen) atoms. The molecule has 3 amide bonds. The largest absolute Gasteiger partial charge is 0.378 e. The third-order valence-electron chi connectivity index (χ3n) is 5.26. The van der Waals surface area contributed by atoms with E-state index in [2.05, 4.69) is 15.2 Å². The van der Waals surface area contributed by atoms with E-state index in [1.165, 1.54) is 19.1 Å². The fourth-order valence-corrected chi connectivity index (χ4v) is 3.61. The molecular weight excluding hydrogens is 406 g/mol. The highest BCUT2D eigenvalue weighted by Crippen LogP contribution is 2.32. The normalized spacial score (nSPS) is 16.8. The highest BCUT2D eigenvalue weighted by molar-refractivity contribution is 6.24. The summed E-state index contributed by atoms with van der Waals surface area (Å²) in [7, 11) is 0. The maximum Gasteiger partial charge on any atom is 0.282 e. The molecule has 0 bridgehead atoms. The lowest BCUT2D eigenvalue weighted by molar-refractivity contribution is -0.385. The molecule has 2 aromatic rings. The SMILES string of the molecule is CC(C(=O)Nc1ccc(N2CCOCC2)cn1)N1C(=O)c2cccc([N+](=O)[O-])c2C1=O. The van der Waals surface area contributed by atoms with Crippen LogP contribution in [0.5, 0.6) is 0 Å². The van der Waals surface area contributed by atoms with Gasteiger partial charge in [0.05, 0.1) is 35.6 Å². The minimum Gasteiger partial charge on any atom is -0.378 e. The second kappa shape index (κ2) is 8.11. The number of rotatable bonds is 5. The van der Waals surface area contributed by atoms with Crippen molar-refractivity contribution in [3.05, 3.63) is 57.8 Å². The third-order valence-corrected chi connectivity index (χ3v) is 5.26. The van der Waals surface area contributed by atoms with E-state index in [0.717, 1.165) is 29.7 Å². The Balaban J connectivity index is 1.48. The number of nitrogens with one attached hydrogen (secondary N) is 1. The van der Waals surface area contributed by atoms with Crippen LogP contribution in [0.15, 0.2) is 36.5 Å². The standard InChI is InChI=1S/C20H19N5O6/c1-12(24-19(27)14-3-2-4-15(25(29)30)17(14)20(24)28)18(26)22-16-6-5-13(11-21-16)23-7-9-31-10-8-23/h2-6,11-12H,7-10H2,1H3,(H,21,22,26). The summed E-state index contributed by atoms with van der Waals surface area (Å²) in [5.74, 6) is -1.99. The van der Waals surface area contributed by atoms with Crippen molar-refractivity contribution in [3.63, 3.8) is 0 Å². The van der Waals surface area contributed by atoms with Crippen molar-refractivity contribution >= 4 is 34.9 Å². The molecule has 2 aliphatic rings. The summed E-state index contributed by atoms with van der Waals surface area (Å²) in [4.78, 5) is 55.7. The fraction of sp³-hybridized carbons (Fsp3) is 0.300. The van der Waals surface area contributed by atoms with Crippen LogP contribution in [0.25, 0.3) is 0 Å². The highest BCUT2D eigenvalue weighted by Gasteiger charge is 2.44. The number of ether oxygens (including phenoxy) is 1. The first kappa shape index (κ1) is 20.4. The predicted octanol–water partition coefficient (Wildman–Crippen LogP) is 1.45. The van der Waals surface area contributed by atoms with Gasteiger partial charge < -0.3 is 15.0 Å². The van der Waals surface area contributed by atoms with Gasteiger partial charge in [0, 0.05) is 19.2 Å². The Morgan fingerprint density at radius 1 is 1.19 bits per heavy atom. The molecule has 4 rings (SSSR count). The van der Waals surface area contributed by atoms with Crippen LogP contribution >= 0.6 is 0 Å². The fourth-order valence-electron chi connectivity index (χ4n) is 3.61. The number of carbonyl (C=O) groups excluding carboxylic acids is 3. The number of pyridine rings is 1. The molecule has 1 aromatic carbocycles. The van der Waals surface area contributed by atoms with E-state index in [-0.39, 0.29) is 16.9 Å². The molecule has 1 N–H and O–H groups in total. The number of morpholine rings is 1. The van der Waals surface area contributed by atoms with E-state index >= 15 is 0 Å². The van der Waals surface area contributed by atoms with Crippen LogP contribution in [0.4, 0.5) is 17.2 Å². The first-order valence-corrected chi connectivity index (χ1v) is 9.63. The number of hydrogen-bond donors (Lipinski definition) is 1. The zero-order valence-electron chi connectivity index (χ0n) is 16.6. The summed E-state index contributed by atoms with van der Waals surface area (Å²) in [5.41, 5.74) is 0.0327. The molecule has 11 heteroatoms. The van der Waals surface area contributed by atoms with Crippen molar-refractivity contribution in [1.29, 1.82) is 0 Å². The summed E-state index contributed by atoms with van der Waals surface area (Å²) >= 11 is 0. The Hall–Kier alpha value is -3.86. The van der Waals surface area contributed by atoms with Gasteiger partial charge in [-0.05, 0) is 25.1 Å². The number of benzene rings is 1. The average molecular weight is 425 g/mol. The summed E-state index contributed by atoms with van der Waals surface area (Å²) in [6, 6.07) is 6.06. The summed E-state index contributed by atoms with van der Waals surface area (Å²) in [6.45, 7) is 4.14. The van der Waals surface area contributed by atoms with Crippen LogP contribution in [0.3, 0.4) is 0 Å². The number of hydrogen-bond acceptors (Lipinski definition) is 8. The number of nitrogens with zero attached hydrogens (tertiary/aromatic N) is 4. The third kappa shape index (κ3) is 3.70. The average Bonchev–Trinajstić information content (AvgIpc) is 3.04. The molecule has 0 aliphatic carbocycles. The topological polar surface area (TPSA) is 135 Å². The number of fused-ring (bicyclic) bond motifs is 1. The van der Waals surface area contributed by atoms with Crippen molar-refractivity contribution in [1.82, 2.24) is 9.88 Å². The quantitative estimate of drug-likeness (QED) is 0.432. The molecule has 0 spiro atoms. The second-order valence-electron chi connectivity index (χ2n) is 7.10. The van der Waals surface area contributed by atoms with E-state index in [1.54, 1.807) is 12.3 Å². The molecule has 1 unspecified atom stereocenters. The molecule has 1 atom stereocenters. The lowest BCUT2D eigenvalue weighted by Crippen LogP contribution is -2.45. The lowest BCUT2D eigenvalue weighted by Gasteiger charge is -2.28. The van der Waals surface area contributed by atoms with Crippen molar-refractivity contribution < 1.29 is 24.0 Å². The van der Waals surface area contributed by atoms with Gasteiger partial charge in [-0.2, -0.15) is 0 Å². The number of aromatic nitrogens is 1. The zero-order chi connectivity index (χ0) is 22.1. The molecule has 160 valence electrons. The maximum atomic E-state index is 12.7. The highest BCUT2D eigenvalue weighted by atomic mass is 16.6. The van der Waals surface area contributed by atoms with E-state index in [0.29, 0.717) is 13.2 Å². The Labute approximate surface area is 176 Å². The van der Waals surface area contributed by atoms with Gasteiger partial charge in [0.25, 0.3) is 17.5 Å². The molecular formula is C20H19N5O6.